The number of carbonyl (C=O) groups is 1. The molecule has 2 aromatic carbocycles. The molecule has 0 saturated heterocycles. The molecule has 4 rings (SSSR count). The average Bonchev–Trinajstić information content (AvgIpc) is 3.23. The second-order valence-corrected chi connectivity index (χ2v) is 7.79. The number of carbonyl (C=O) groups excluding carboxylic acids is 1. The lowest BCUT2D eigenvalue weighted by Gasteiger charge is -2.09. The van der Waals surface area contributed by atoms with Crippen LogP contribution in [-0.2, 0) is 17.9 Å². The number of nitrogens with zero attached hydrogens (tertiary/aromatic N) is 4. The maximum atomic E-state index is 12.9. The molecule has 4 aromatic rings. The van der Waals surface area contributed by atoms with Crippen LogP contribution < -0.4 is 15.6 Å². The molecule has 1 amide bonds. The lowest BCUT2D eigenvalue weighted by atomic mass is 10.1. The van der Waals surface area contributed by atoms with Gasteiger partial charge in [0.15, 0.2) is 0 Å². The van der Waals surface area contributed by atoms with E-state index in [0.717, 1.165) is 21.3 Å². The third-order valence-corrected chi connectivity index (χ3v) is 5.62. The number of fused-ring (bicyclic) bond motifs is 1. The van der Waals surface area contributed by atoms with Crippen molar-refractivity contribution in [3.05, 3.63) is 80.8 Å². The Hall–Kier alpha value is -3.46. The van der Waals surface area contributed by atoms with Crippen molar-refractivity contribution in [3.63, 3.8) is 0 Å². The molecular formula is C22H20BrN5O3. The van der Waals surface area contributed by atoms with E-state index in [4.69, 9.17) is 4.74 Å². The molecule has 0 radical (unpaired) electrons. The molecule has 0 spiro atoms. The molecule has 0 atom stereocenters. The molecule has 8 nitrogen and oxygen atoms in total. The summed E-state index contributed by atoms with van der Waals surface area (Å²) in [6.07, 6.45) is 0. The van der Waals surface area contributed by atoms with E-state index in [1.807, 2.05) is 48.5 Å². The van der Waals surface area contributed by atoms with Crippen LogP contribution in [0.5, 0.6) is 5.75 Å². The highest BCUT2D eigenvalue weighted by Gasteiger charge is 2.15. The van der Waals surface area contributed by atoms with Crippen LogP contribution in [0.25, 0.3) is 16.8 Å². The quantitative estimate of drug-likeness (QED) is 0.457. The van der Waals surface area contributed by atoms with Crippen LogP contribution in [-0.4, -0.2) is 32.4 Å². The molecule has 2 heterocycles. The van der Waals surface area contributed by atoms with Crippen molar-refractivity contribution >= 4 is 27.4 Å². The zero-order chi connectivity index (χ0) is 22.0. The molecule has 0 aliphatic heterocycles. The van der Waals surface area contributed by atoms with Crippen LogP contribution in [0.15, 0.2) is 63.9 Å². The highest BCUT2D eigenvalue weighted by atomic mass is 79.9. The van der Waals surface area contributed by atoms with E-state index in [9.17, 15) is 9.59 Å². The van der Waals surface area contributed by atoms with Crippen LogP contribution in [0.1, 0.15) is 11.4 Å². The molecule has 0 bridgehead atoms. The van der Waals surface area contributed by atoms with Crippen molar-refractivity contribution in [3.8, 4) is 17.0 Å². The molecule has 2 aromatic heterocycles. The Morgan fingerprint density at radius 3 is 2.58 bits per heavy atom. The van der Waals surface area contributed by atoms with E-state index in [2.05, 4.69) is 31.4 Å². The fourth-order valence-corrected chi connectivity index (χ4v) is 3.64. The van der Waals surface area contributed by atoms with E-state index >= 15 is 0 Å². The summed E-state index contributed by atoms with van der Waals surface area (Å²) in [5.41, 5.74) is 2.41. The zero-order valence-electron chi connectivity index (χ0n) is 17.0. The molecule has 1 N–H and O–H groups in total. The number of methoxy groups -OCH3 is 1. The van der Waals surface area contributed by atoms with Gasteiger partial charge in [-0.15, -0.1) is 0 Å². The predicted molar refractivity (Wildman–Crippen MR) is 120 cm³/mol. The summed E-state index contributed by atoms with van der Waals surface area (Å²) >= 11 is 3.46. The molecule has 31 heavy (non-hydrogen) atoms. The lowest BCUT2D eigenvalue weighted by molar-refractivity contribution is -0.122. The Kier molecular flexibility index (Phi) is 5.85. The highest BCUT2D eigenvalue weighted by molar-refractivity contribution is 9.10. The monoisotopic (exact) mass is 481 g/mol. The first-order chi connectivity index (χ1) is 15.0. The minimum Gasteiger partial charge on any atom is -0.497 e. The number of amides is 1. The minimum atomic E-state index is -0.381. The molecule has 0 unspecified atom stereocenters. The van der Waals surface area contributed by atoms with Gasteiger partial charge in [0.2, 0.25) is 5.91 Å². The molecule has 0 fully saturated rings. The number of rotatable bonds is 6. The van der Waals surface area contributed by atoms with Gasteiger partial charge in [-0.3, -0.25) is 9.59 Å². The second-order valence-electron chi connectivity index (χ2n) is 6.93. The van der Waals surface area contributed by atoms with E-state index in [0.29, 0.717) is 23.6 Å². The second kappa shape index (κ2) is 8.73. The first kappa shape index (κ1) is 20.8. The summed E-state index contributed by atoms with van der Waals surface area (Å²) in [5, 5.41) is 11.6. The van der Waals surface area contributed by atoms with Gasteiger partial charge < -0.3 is 10.1 Å². The van der Waals surface area contributed by atoms with E-state index in [1.54, 1.807) is 20.1 Å². The number of aromatic nitrogens is 4. The lowest BCUT2D eigenvalue weighted by Crippen LogP contribution is -2.34. The first-order valence-electron chi connectivity index (χ1n) is 9.58. The van der Waals surface area contributed by atoms with Gasteiger partial charge >= 0.3 is 0 Å². The molecule has 0 saturated carbocycles. The predicted octanol–water partition coefficient (Wildman–Crippen LogP) is 2.95. The fourth-order valence-electron chi connectivity index (χ4n) is 3.21. The standard InChI is InChI=1S/C22H20BrN5O3/c1-14-25-27(13-21(29)24-12-16-5-3-4-6-18(16)23)22(30)20-11-19(26-28(14)20)15-7-9-17(31-2)10-8-15/h3-11H,12-13H2,1-2H3,(H,24,29). The summed E-state index contributed by atoms with van der Waals surface area (Å²) in [6, 6.07) is 16.7. The Morgan fingerprint density at radius 2 is 1.87 bits per heavy atom. The van der Waals surface area contributed by atoms with Gasteiger partial charge in [0.05, 0.1) is 12.8 Å². The number of nitrogens with one attached hydrogen (secondary N) is 1. The number of ether oxygens (including phenoxy) is 1. The number of hydrogen-bond donors (Lipinski definition) is 1. The summed E-state index contributed by atoms with van der Waals surface area (Å²) in [6.45, 7) is 1.92. The van der Waals surface area contributed by atoms with E-state index in [1.165, 1.54) is 9.20 Å². The van der Waals surface area contributed by atoms with Gasteiger partial charge in [-0.05, 0) is 48.9 Å². The molecule has 158 valence electrons. The van der Waals surface area contributed by atoms with Crippen LogP contribution in [0.4, 0.5) is 0 Å². The van der Waals surface area contributed by atoms with Crippen LogP contribution in [0.3, 0.4) is 0 Å². The molecule has 0 aliphatic rings. The van der Waals surface area contributed by atoms with Crippen molar-refractivity contribution < 1.29 is 9.53 Å². The molecule has 0 aliphatic carbocycles. The summed E-state index contributed by atoms with van der Waals surface area (Å²) in [5.74, 6) is 0.943. The number of halogens is 1. The van der Waals surface area contributed by atoms with Gasteiger partial charge in [-0.1, -0.05) is 34.1 Å². The third-order valence-electron chi connectivity index (χ3n) is 4.85. The highest BCUT2D eigenvalue weighted by Crippen LogP contribution is 2.22. The van der Waals surface area contributed by atoms with Crippen LogP contribution in [0.2, 0.25) is 0 Å². The smallest absolute Gasteiger partial charge is 0.293 e. The maximum Gasteiger partial charge on any atom is 0.293 e. The Morgan fingerprint density at radius 1 is 1.13 bits per heavy atom. The first-order valence-corrected chi connectivity index (χ1v) is 10.4. The van der Waals surface area contributed by atoms with E-state index < -0.39 is 0 Å². The zero-order valence-corrected chi connectivity index (χ0v) is 18.6. The van der Waals surface area contributed by atoms with E-state index in [-0.39, 0.29) is 18.0 Å². The van der Waals surface area contributed by atoms with Crippen molar-refractivity contribution in [1.29, 1.82) is 0 Å². The average molecular weight is 482 g/mol. The van der Waals surface area contributed by atoms with Crippen LogP contribution >= 0.6 is 15.9 Å². The molecule has 9 heteroatoms. The largest absolute Gasteiger partial charge is 0.497 e. The van der Waals surface area contributed by atoms with Crippen molar-refractivity contribution in [1.82, 2.24) is 24.7 Å². The summed E-state index contributed by atoms with van der Waals surface area (Å²) in [7, 11) is 1.60. The van der Waals surface area contributed by atoms with Gasteiger partial charge in [-0.25, -0.2) is 9.20 Å². The molecular weight excluding hydrogens is 462 g/mol. The van der Waals surface area contributed by atoms with Crippen LogP contribution in [0, 0.1) is 6.92 Å². The maximum absolute atomic E-state index is 12.9. The number of hydrogen-bond acceptors (Lipinski definition) is 5. The summed E-state index contributed by atoms with van der Waals surface area (Å²) < 4.78 is 8.75. The van der Waals surface area contributed by atoms with Gasteiger partial charge in [0, 0.05) is 16.6 Å². The normalized spacial score (nSPS) is 10.9. The van der Waals surface area contributed by atoms with Gasteiger partial charge in [0.25, 0.3) is 5.56 Å². The van der Waals surface area contributed by atoms with Gasteiger partial charge in [-0.2, -0.15) is 10.2 Å². The SMILES string of the molecule is COc1ccc(-c2cc3c(=O)n(CC(=O)NCc4ccccc4Br)nc(C)n3n2)cc1. The number of benzene rings is 2. The Bertz CT molecular complexity index is 1310. The Balaban J connectivity index is 1.57. The Labute approximate surface area is 186 Å². The number of aryl methyl sites for hydroxylation is 1. The minimum absolute atomic E-state index is 0.177. The van der Waals surface area contributed by atoms with Gasteiger partial charge in [0.1, 0.15) is 23.6 Å². The topological polar surface area (TPSA) is 90.5 Å². The third kappa shape index (κ3) is 4.36. The van der Waals surface area contributed by atoms with Crippen molar-refractivity contribution in [2.24, 2.45) is 0 Å². The van der Waals surface area contributed by atoms with Crippen molar-refractivity contribution in [2.45, 2.75) is 20.0 Å². The fraction of sp³-hybridized carbons (Fsp3) is 0.182. The summed E-state index contributed by atoms with van der Waals surface area (Å²) in [4.78, 5) is 25.3. The van der Waals surface area contributed by atoms with Crippen molar-refractivity contribution in [2.75, 3.05) is 7.11 Å².